The molecule has 5 aromatic rings. The number of rotatable bonds is 4. The van der Waals surface area contributed by atoms with E-state index in [1.165, 1.54) is 6.07 Å². The van der Waals surface area contributed by atoms with Crippen LogP contribution in [0, 0.1) is 0 Å². The minimum atomic E-state index is -0.624. The lowest BCUT2D eigenvalue weighted by Crippen LogP contribution is -2.12. The van der Waals surface area contributed by atoms with Crippen molar-refractivity contribution >= 4 is 39.9 Å². The summed E-state index contributed by atoms with van der Waals surface area (Å²) in [5.41, 5.74) is 9.17. The number of nitrogens with zero attached hydrogens (tertiary/aromatic N) is 1. The molecule has 8 heteroatoms. The standard InChI is InChI=1S/C24H16ClN3O3S/c25-19-11-18-21(28(19)17-6-4-13(5-7-17)16-8-9-32-12-16)22(29)20(24(31)27-18)14-2-1-3-15(10-14)23(26)30/h1-12H,(H2,26,30)(H2,27,29,31). The summed E-state index contributed by atoms with van der Waals surface area (Å²) in [6.07, 6.45) is 0. The van der Waals surface area contributed by atoms with Gasteiger partial charge in [-0.05, 0) is 63.8 Å². The van der Waals surface area contributed by atoms with Crippen molar-refractivity contribution in [3.63, 3.8) is 0 Å². The van der Waals surface area contributed by atoms with E-state index >= 15 is 0 Å². The van der Waals surface area contributed by atoms with E-state index in [9.17, 15) is 14.7 Å². The summed E-state index contributed by atoms with van der Waals surface area (Å²) < 4.78 is 1.67. The second-order valence-corrected chi connectivity index (χ2v) is 8.41. The molecule has 0 spiro atoms. The van der Waals surface area contributed by atoms with Crippen LogP contribution < -0.4 is 11.3 Å². The van der Waals surface area contributed by atoms with Crippen molar-refractivity contribution in [2.75, 3.05) is 0 Å². The highest BCUT2D eigenvalue weighted by Crippen LogP contribution is 2.37. The Kier molecular flexibility index (Phi) is 4.84. The van der Waals surface area contributed by atoms with Gasteiger partial charge in [0.15, 0.2) is 5.75 Å². The Labute approximate surface area is 191 Å². The van der Waals surface area contributed by atoms with Crippen LogP contribution in [0.4, 0.5) is 0 Å². The fourth-order valence-electron chi connectivity index (χ4n) is 3.80. The molecule has 0 fully saturated rings. The number of aromatic nitrogens is 2. The van der Waals surface area contributed by atoms with Crippen LogP contribution in [0.3, 0.4) is 0 Å². The minimum absolute atomic E-state index is 0.0338. The van der Waals surface area contributed by atoms with Crippen molar-refractivity contribution in [3.05, 3.63) is 92.5 Å². The molecule has 3 heterocycles. The van der Waals surface area contributed by atoms with Gasteiger partial charge >= 0.3 is 0 Å². The van der Waals surface area contributed by atoms with Crippen LogP contribution in [0.25, 0.3) is 39.0 Å². The molecule has 4 N–H and O–H groups in total. The molecule has 0 radical (unpaired) electrons. The Bertz CT molecular complexity index is 1530. The molecule has 0 atom stereocenters. The number of primary amides is 1. The number of thiophene rings is 1. The Morgan fingerprint density at radius 2 is 1.81 bits per heavy atom. The second kappa shape index (κ2) is 7.71. The van der Waals surface area contributed by atoms with E-state index in [-0.39, 0.29) is 16.9 Å². The summed E-state index contributed by atoms with van der Waals surface area (Å²) in [7, 11) is 0. The summed E-state index contributed by atoms with van der Waals surface area (Å²) >= 11 is 8.13. The number of aromatic hydroxyl groups is 1. The van der Waals surface area contributed by atoms with Gasteiger partial charge in [0, 0.05) is 11.3 Å². The van der Waals surface area contributed by atoms with E-state index in [1.54, 1.807) is 40.2 Å². The summed E-state index contributed by atoms with van der Waals surface area (Å²) in [6.45, 7) is 0. The molecule has 0 saturated heterocycles. The Hall–Kier alpha value is -3.81. The molecule has 0 unspecified atom stereocenters. The van der Waals surface area contributed by atoms with Crippen LogP contribution in [0.15, 0.2) is 76.2 Å². The van der Waals surface area contributed by atoms with Gasteiger partial charge in [-0.25, -0.2) is 0 Å². The first-order valence-corrected chi connectivity index (χ1v) is 11.0. The van der Waals surface area contributed by atoms with E-state index < -0.39 is 11.5 Å². The highest BCUT2D eigenvalue weighted by atomic mass is 35.5. The van der Waals surface area contributed by atoms with Gasteiger partial charge in [-0.2, -0.15) is 11.3 Å². The third-order valence-corrected chi connectivity index (χ3v) is 6.27. The van der Waals surface area contributed by atoms with E-state index in [0.717, 1.165) is 16.8 Å². The highest BCUT2D eigenvalue weighted by molar-refractivity contribution is 7.08. The SMILES string of the molecule is NC(=O)c1cccc(-c2c(O)c3c(cc(Cl)n3-c3ccc(-c4ccsc4)cc3)[nH]c2=O)c1. The van der Waals surface area contributed by atoms with Gasteiger partial charge in [-0.15, -0.1) is 0 Å². The van der Waals surface area contributed by atoms with E-state index in [2.05, 4.69) is 10.4 Å². The topological polar surface area (TPSA) is 101 Å². The third kappa shape index (κ3) is 3.28. The van der Waals surface area contributed by atoms with Crippen molar-refractivity contribution in [1.82, 2.24) is 9.55 Å². The quantitative estimate of drug-likeness (QED) is 0.344. The summed E-state index contributed by atoms with van der Waals surface area (Å²) in [6, 6.07) is 17.6. The number of pyridine rings is 1. The van der Waals surface area contributed by atoms with Crippen molar-refractivity contribution < 1.29 is 9.90 Å². The van der Waals surface area contributed by atoms with Crippen LogP contribution in [0.2, 0.25) is 5.15 Å². The minimum Gasteiger partial charge on any atom is -0.505 e. The molecule has 32 heavy (non-hydrogen) atoms. The zero-order valence-corrected chi connectivity index (χ0v) is 18.1. The van der Waals surface area contributed by atoms with Crippen molar-refractivity contribution in [3.8, 4) is 33.7 Å². The molecule has 0 aliphatic carbocycles. The zero-order chi connectivity index (χ0) is 22.4. The fourth-order valence-corrected chi connectivity index (χ4v) is 4.75. The smallest absolute Gasteiger partial charge is 0.260 e. The number of aromatic amines is 1. The lowest BCUT2D eigenvalue weighted by molar-refractivity contribution is 0.100. The van der Waals surface area contributed by atoms with Crippen molar-refractivity contribution in [2.24, 2.45) is 5.73 Å². The number of carbonyl (C=O) groups is 1. The fraction of sp³-hybridized carbons (Fsp3) is 0. The molecule has 5 rings (SSSR count). The Balaban J connectivity index is 1.71. The maximum atomic E-state index is 12.8. The lowest BCUT2D eigenvalue weighted by Gasteiger charge is -2.12. The average Bonchev–Trinajstić information content (AvgIpc) is 3.42. The zero-order valence-electron chi connectivity index (χ0n) is 16.5. The monoisotopic (exact) mass is 461 g/mol. The van der Waals surface area contributed by atoms with Crippen LogP contribution in [-0.2, 0) is 0 Å². The van der Waals surface area contributed by atoms with E-state index in [1.807, 2.05) is 35.7 Å². The van der Waals surface area contributed by atoms with Gasteiger partial charge in [-0.3, -0.25) is 14.2 Å². The number of amides is 1. The van der Waals surface area contributed by atoms with Gasteiger partial charge in [0.05, 0.1) is 11.1 Å². The maximum Gasteiger partial charge on any atom is 0.260 e. The first-order valence-electron chi connectivity index (χ1n) is 9.63. The molecular weight excluding hydrogens is 446 g/mol. The Morgan fingerprint density at radius 1 is 1.03 bits per heavy atom. The summed E-state index contributed by atoms with van der Waals surface area (Å²) in [4.78, 5) is 27.1. The number of benzene rings is 2. The van der Waals surface area contributed by atoms with Crippen molar-refractivity contribution in [1.29, 1.82) is 0 Å². The summed E-state index contributed by atoms with van der Waals surface area (Å²) in [5.74, 6) is -0.861. The van der Waals surface area contributed by atoms with Gasteiger partial charge in [0.2, 0.25) is 5.91 Å². The van der Waals surface area contributed by atoms with Gasteiger partial charge in [0.25, 0.3) is 5.56 Å². The third-order valence-electron chi connectivity index (χ3n) is 5.31. The van der Waals surface area contributed by atoms with Crippen LogP contribution in [0.5, 0.6) is 5.75 Å². The number of nitrogens with one attached hydrogen (secondary N) is 1. The van der Waals surface area contributed by atoms with Crippen LogP contribution in [0.1, 0.15) is 10.4 Å². The number of carbonyl (C=O) groups excluding carboxylic acids is 1. The largest absolute Gasteiger partial charge is 0.505 e. The predicted octanol–water partition coefficient (Wildman–Crippen LogP) is 5.17. The molecule has 0 aliphatic heterocycles. The number of nitrogens with two attached hydrogens (primary N) is 1. The molecule has 3 aromatic heterocycles. The second-order valence-electron chi connectivity index (χ2n) is 7.25. The van der Waals surface area contributed by atoms with Gasteiger partial charge in [-0.1, -0.05) is 35.9 Å². The number of fused-ring (bicyclic) bond motifs is 1. The molecule has 0 bridgehead atoms. The predicted molar refractivity (Wildman–Crippen MR) is 128 cm³/mol. The normalized spacial score (nSPS) is 11.2. The number of hydrogen-bond donors (Lipinski definition) is 3. The molecule has 158 valence electrons. The van der Waals surface area contributed by atoms with Crippen molar-refractivity contribution in [2.45, 2.75) is 0 Å². The average molecular weight is 462 g/mol. The number of H-pyrrole nitrogens is 1. The molecular formula is C24H16ClN3O3S. The van der Waals surface area contributed by atoms with Crippen LogP contribution in [-0.4, -0.2) is 20.6 Å². The molecule has 1 amide bonds. The molecule has 6 nitrogen and oxygen atoms in total. The maximum absolute atomic E-state index is 12.8. The molecule has 2 aromatic carbocycles. The first-order chi connectivity index (χ1) is 15.4. The van der Waals surface area contributed by atoms with Crippen LogP contribution >= 0.6 is 22.9 Å². The van der Waals surface area contributed by atoms with Gasteiger partial charge in [0.1, 0.15) is 10.7 Å². The van der Waals surface area contributed by atoms with E-state index in [0.29, 0.717) is 21.7 Å². The highest BCUT2D eigenvalue weighted by Gasteiger charge is 2.20. The summed E-state index contributed by atoms with van der Waals surface area (Å²) in [5, 5.41) is 15.6. The van der Waals surface area contributed by atoms with E-state index in [4.69, 9.17) is 17.3 Å². The van der Waals surface area contributed by atoms with Gasteiger partial charge < -0.3 is 15.8 Å². The molecule has 0 aliphatic rings. The first kappa shape index (κ1) is 20.1. The Morgan fingerprint density at radius 3 is 2.50 bits per heavy atom. The molecule has 0 saturated carbocycles. The number of hydrogen-bond acceptors (Lipinski definition) is 4. The lowest BCUT2D eigenvalue weighted by atomic mass is 10.0. The number of halogens is 1.